The van der Waals surface area contributed by atoms with Gasteiger partial charge in [-0.2, -0.15) is 0 Å². The van der Waals surface area contributed by atoms with Crippen molar-refractivity contribution in [1.82, 2.24) is 0 Å². The topological polar surface area (TPSA) is 46.5 Å². The molecule has 0 heterocycles. The van der Waals surface area contributed by atoms with Crippen molar-refractivity contribution in [1.29, 1.82) is 0 Å². The van der Waals surface area contributed by atoms with Crippen LogP contribution < -0.4 is 0 Å². The quantitative estimate of drug-likeness (QED) is 0.641. The summed E-state index contributed by atoms with van der Waals surface area (Å²) >= 11 is 2.66. The summed E-state index contributed by atoms with van der Waals surface area (Å²) in [5, 5.41) is 9.88. The van der Waals surface area contributed by atoms with Gasteiger partial charge in [0.25, 0.3) is 4.58 Å². The maximum atomic E-state index is 14.0. The fraction of sp³-hybridized carbons (Fsp3) is 0.909. The molecule has 0 saturated heterocycles. The van der Waals surface area contributed by atoms with Gasteiger partial charge in [-0.15, -0.1) is 0 Å². The van der Waals surface area contributed by atoms with E-state index in [1.54, 1.807) is 6.92 Å². The molecule has 0 aromatic rings. The van der Waals surface area contributed by atoms with Crippen molar-refractivity contribution in [3.63, 3.8) is 0 Å². The van der Waals surface area contributed by atoms with Gasteiger partial charge in [0.2, 0.25) is 0 Å². The summed E-state index contributed by atoms with van der Waals surface area (Å²) in [6.07, 6.45) is 3.27. The number of carbonyl (C=O) groups excluding carboxylic acids is 1. The number of rotatable bonds is 4. The van der Waals surface area contributed by atoms with Crippen molar-refractivity contribution >= 4 is 21.9 Å². The molecule has 1 fully saturated rings. The number of hydrogen-bond acceptors (Lipinski definition) is 3. The standard InChI is InChI=1S/C11H18BrFO3/c1-2-16-10(15)11(12,13)9(14)8-6-4-3-5-7-8/h8-9,14H,2-7H2,1H3/t9-,11-/m0/s1. The highest BCUT2D eigenvalue weighted by atomic mass is 79.9. The molecule has 0 spiro atoms. The average Bonchev–Trinajstić information content (AvgIpc) is 2.29. The number of halogens is 2. The summed E-state index contributed by atoms with van der Waals surface area (Å²) in [4.78, 5) is 11.3. The lowest BCUT2D eigenvalue weighted by molar-refractivity contribution is -0.158. The first-order chi connectivity index (χ1) is 7.50. The molecule has 0 aromatic carbocycles. The van der Waals surface area contributed by atoms with E-state index >= 15 is 0 Å². The van der Waals surface area contributed by atoms with Crippen molar-refractivity contribution in [3.05, 3.63) is 0 Å². The summed E-state index contributed by atoms with van der Waals surface area (Å²) < 4.78 is 16.2. The van der Waals surface area contributed by atoms with E-state index < -0.39 is 16.7 Å². The Morgan fingerprint density at radius 3 is 2.62 bits per heavy atom. The van der Waals surface area contributed by atoms with Crippen LogP contribution in [0.5, 0.6) is 0 Å². The second kappa shape index (κ2) is 5.96. The van der Waals surface area contributed by atoms with Gasteiger partial charge in [-0.25, -0.2) is 9.18 Å². The van der Waals surface area contributed by atoms with Crippen LogP contribution in [0.1, 0.15) is 39.0 Å². The molecule has 1 saturated carbocycles. The molecule has 16 heavy (non-hydrogen) atoms. The van der Waals surface area contributed by atoms with E-state index in [0.29, 0.717) is 0 Å². The van der Waals surface area contributed by atoms with Crippen LogP contribution in [0, 0.1) is 5.92 Å². The maximum absolute atomic E-state index is 14.0. The molecule has 2 atom stereocenters. The smallest absolute Gasteiger partial charge is 0.357 e. The number of aliphatic hydroxyl groups is 1. The van der Waals surface area contributed by atoms with Crippen molar-refractivity contribution in [2.24, 2.45) is 5.92 Å². The van der Waals surface area contributed by atoms with Gasteiger partial charge in [-0.1, -0.05) is 19.3 Å². The SMILES string of the molecule is CCOC(=O)[C@](F)(Br)[C@@H](O)C1CCCCC1. The van der Waals surface area contributed by atoms with Crippen LogP contribution in [-0.4, -0.2) is 28.4 Å². The third kappa shape index (κ3) is 3.17. The highest BCUT2D eigenvalue weighted by Gasteiger charge is 2.48. The summed E-state index contributed by atoms with van der Waals surface area (Å²) in [7, 11) is 0. The lowest BCUT2D eigenvalue weighted by atomic mass is 9.83. The average molecular weight is 297 g/mol. The Kier molecular flexibility index (Phi) is 5.18. The molecule has 1 aliphatic carbocycles. The van der Waals surface area contributed by atoms with Gasteiger partial charge in [0, 0.05) is 0 Å². The number of hydrogen-bond donors (Lipinski definition) is 1. The minimum Gasteiger partial charge on any atom is -0.463 e. The Morgan fingerprint density at radius 1 is 1.56 bits per heavy atom. The number of esters is 1. The molecule has 5 heteroatoms. The fourth-order valence-electron chi connectivity index (χ4n) is 2.09. The molecule has 0 unspecified atom stereocenters. The lowest BCUT2D eigenvalue weighted by Crippen LogP contribution is -2.45. The molecule has 1 aliphatic rings. The number of ether oxygens (including phenoxy) is 1. The Labute approximate surface area is 103 Å². The molecule has 0 aromatic heterocycles. The molecule has 3 nitrogen and oxygen atoms in total. The Hall–Kier alpha value is -0.160. The minimum atomic E-state index is -2.47. The third-order valence-electron chi connectivity index (χ3n) is 3.02. The van der Waals surface area contributed by atoms with Gasteiger partial charge in [0.15, 0.2) is 0 Å². The van der Waals surface area contributed by atoms with Gasteiger partial charge >= 0.3 is 5.97 Å². The molecule has 0 aliphatic heterocycles. The molecule has 1 rings (SSSR count). The highest BCUT2D eigenvalue weighted by Crippen LogP contribution is 2.37. The van der Waals surface area contributed by atoms with Gasteiger partial charge in [-0.05, 0) is 41.6 Å². The van der Waals surface area contributed by atoms with Gasteiger partial charge in [0.05, 0.1) is 6.61 Å². The molecular formula is C11H18BrFO3. The van der Waals surface area contributed by atoms with Crippen LogP contribution in [0.25, 0.3) is 0 Å². The summed E-state index contributed by atoms with van der Waals surface area (Å²) in [5.41, 5.74) is 0. The zero-order chi connectivity index (χ0) is 12.2. The normalized spacial score (nSPS) is 23.5. The van der Waals surface area contributed by atoms with E-state index in [0.717, 1.165) is 32.1 Å². The van der Waals surface area contributed by atoms with E-state index in [-0.39, 0.29) is 12.5 Å². The molecule has 0 bridgehead atoms. The third-order valence-corrected chi connectivity index (χ3v) is 3.81. The van der Waals surface area contributed by atoms with Crippen molar-refractivity contribution in [2.75, 3.05) is 6.61 Å². The Bertz CT molecular complexity index is 239. The Balaban J connectivity index is 2.61. The lowest BCUT2D eigenvalue weighted by Gasteiger charge is -2.31. The van der Waals surface area contributed by atoms with Crippen LogP contribution in [0.3, 0.4) is 0 Å². The van der Waals surface area contributed by atoms with Crippen molar-refractivity contribution < 1.29 is 19.0 Å². The van der Waals surface area contributed by atoms with Crippen molar-refractivity contribution in [3.8, 4) is 0 Å². The fourth-order valence-corrected chi connectivity index (χ4v) is 2.58. The van der Waals surface area contributed by atoms with Crippen LogP contribution in [0.15, 0.2) is 0 Å². The minimum absolute atomic E-state index is 0.105. The highest BCUT2D eigenvalue weighted by molar-refractivity contribution is 9.10. The molecule has 1 N–H and O–H groups in total. The molecule has 0 radical (unpaired) electrons. The van der Waals surface area contributed by atoms with Crippen LogP contribution >= 0.6 is 15.9 Å². The first-order valence-electron chi connectivity index (χ1n) is 5.73. The van der Waals surface area contributed by atoms with E-state index in [4.69, 9.17) is 0 Å². The largest absolute Gasteiger partial charge is 0.463 e. The second-order valence-electron chi connectivity index (χ2n) is 4.19. The predicted molar refractivity (Wildman–Crippen MR) is 62.0 cm³/mol. The van der Waals surface area contributed by atoms with Crippen LogP contribution in [0.4, 0.5) is 4.39 Å². The second-order valence-corrected chi connectivity index (χ2v) is 5.34. The zero-order valence-corrected chi connectivity index (χ0v) is 11.0. The monoisotopic (exact) mass is 296 g/mol. The zero-order valence-electron chi connectivity index (χ0n) is 9.42. The summed E-state index contributed by atoms with van der Waals surface area (Å²) in [6, 6.07) is 0. The number of carbonyl (C=O) groups is 1. The van der Waals surface area contributed by atoms with Crippen LogP contribution in [0.2, 0.25) is 0 Å². The van der Waals surface area contributed by atoms with E-state index in [1.807, 2.05) is 0 Å². The van der Waals surface area contributed by atoms with Crippen molar-refractivity contribution in [2.45, 2.75) is 49.7 Å². The summed E-state index contributed by atoms with van der Waals surface area (Å²) in [6.45, 7) is 1.71. The molecule has 0 amide bonds. The van der Waals surface area contributed by atoms with E-state index in [9.17, 15) is 14.3 Å². The van der Waals surface area contributed by atoms with Crippen LogP contribution in [-0.2, 0) is 9.53 Å². The molecule has 94 valence electrons. The van der Waals surface area contributed by atoms with E-state index in [1.165, 1.54) is 0 Å². The maximum Gasteiger partial charge on any atom is 0.357 e. The Morgan fingerprint density at radius 2 is 2.12 bits per heavy atom. The van der Waals surface area contributed by atoms with E-state index in [2.05, 4.69) is 20.7 Å². The number of alkyl halides is 2. The van der Waals surface area contributed by atoms with Gasteiger partial charge in [-0.3, -0.25) is 0 Å². The predicted octanol–water partition coefficient (Wildman–Crippen LogP) is 2.55. The first-order valence-corrected chi connectivity index (χ1v) is 6.52. The first kappa shape index (κ1) is 13.9. The molecular weight excluding hydrogens is 279 g/mol. The number of aliphatic hydroxyl groups excluding tert-OH is 1. The van der Waals surface area contributed by atoms with Gasteiger partial charge < -0.3 is 9.84 Å². The summed E-state index contributed by atoms with van der Waals surface area (Å²) in [5.74, 6) is -1.20. The van der Waals surface area contributed by atoms with Gasteiger partial charge in [0.1, 0.15) is 6.10 Å².